The summed E-state index contributed by atoms with van der Waals surface area (Å²) in [7, 11) is 1.59. The van der Waals surface area contributed by atoms with E-state index in [4.69, 9.17) is 9.47 Å². The molecule has 0 saturated carbocycles. The highest BCUT2D eigenvalue weighted by molar-refractivity contribution is 8.02. The monoisotopic (exact) mass is 661 g/mol. The van der Waals surface area contributed by atoms with Crippen LogP contribution in [0.4, 0.5) is 11.4 Å². The molecule has 3 fully saturated rings. The lowest BCUT2D eigenvalue weighted by atomic mass is 9.65. The number of amides is 3. The van der Waals surface area contributed by atoms with Crippen molar-refractivity contribution in [3.8, 4) is 11.5 Å². The van der Waals surface area contributed by atoms with Crippen molar-refractivity contribution in [1.82, 2.24) is 4.90 Å². The van der Waals surface area contributed by atoms with Gasteiger partial charge < -0.3 is 29.3 Å². The first-order valence-electron chi connectivity index (χ1n) is 16.4. The van der Waals surface area contributed by atoms with E-state index in [9.17, 15) is 14.7 Å². The minimum Gasteiger partial charge on any atom is -0.497 e. The van der Waals surface area contributed by atoms with Crippen molar-refractivity contribution in [3.05, 3.63) is 73.8 Å². The molecule has 252 valence electrons. The Morgan fingerprint density at radius 3 is 2.06 bits per heavy atom. The normalized spacial score (nSPS) is 26.6. The van der Waals surface area contributed by atoms with E-state index in [-0.39, 0.29) is 54.5 Å². The third kappa shape index (κ3) is 5.84. The molecule has 2 bridgehead atoms. The number of fused-ring (bicyclic) bond motifs is 1. The van der Waals surface area contributed by atoms with Crippen molar-refractivity contribution in [2.45, 2.75) is 56.2 Å². The van der Waals surface area contributed by atoms with Crippen LogP contribution in [-0.2, 0) is 14.4 Å². The number of rotatable bonds is 14. The summed E-state index contributed by atoms with van der Waals surface area (Å²) in [6.45, 7) is 16.5. The molecule has 3 aliphatic heterocycles. The molecule has 0 radical (unpaired) electrons. The third-order valence-electron chi connectivity index (χ3n) is 10.0. The molecular formula is C37H47N3O6S. The highest BCUT2D eigenvalue weighted by Gasteiger charge is 2.77. The van der Waals surface area contributed by atoms with Gasteiger partial charge in [0.05, 0.1) is 42.9 Å². The maximum absolute atomic E-state index is 15.0. The summed E-state index contributed by atoms with van der Waals surface area (Å²) in [6.07, 6.45) is 4.05. The van der Waals surface area contributed by atoms with Gasteiger partial charge in [0, 0.05) is 29.7 Å². The molecule has 3 heterocycles. The van der Waals surface area contributed by atoms with Crippen LogP contribution in [0.3, 0.4) is 0 Å². The molecule has 47 heavy (non-hydrogen) atoms. The molecule has 3 saturated heterocycles. The Balaban J connectivity index is 1.60. The first kappa shape index (κ1) is 34.6. The average Bonchev–Trinajstić information content (AvgIpc) is 3.66. The first-order chi connectivity index (χ1) is 22.6. The minimum atomic E-state index is -0.886. The molecule has 3 aliphatic rings. The lowest BCUT2D eigenvalue weighted by molar-refractivity contribution is -0.142. The Bertz CT molecular complexity index is 1480. The van der Waals surface area contributed by atoms with E-state index in [0.29, 0.717) is 35.9 Å². The molecular weight excluding hydrogens is 614 g/mol. The largest absolute Gasteiger partial charge is 0.497 e. The topological polar surface area (TPSA) is 99.6 Å². The quantitative estimate of drug-likeness (QED) is 0.279. The predicted molar refractivity (Wildman–Crippen MR) is 187 cm³/mol. The number of aliphatic hydroxyl groups excluding tert-OH is 1. The number of hydrogen-bond donors (Lipinski definition) is 1. The number of carbonyl (C=O) groups excluding carboxylic acids is 3. The second-order valence-corrected chi connectivity index (χ2v) is 14.4. The van der Waals surface area contributed by atoms with Gasteiger partial charge in [0.25, 0.3) is 5.91 Å². The fraction of sp³-hybridized carbons (Fsp3) is 0.486. The number of thioether (sulfide) groups is 1. The summed E-state index contributed by atoms with van der Waals surface area (Å²) in [5.74, 6) is -0.803. The SMILES string of the molecule is C=CCN(C(=O)C1N([C@@H](CO)C(C)C)C(=O)[C@@H]2[C@H](C(=O)N(CC=C)c3ccc(OCC)cc3)[C@@H]3CC(C)C12S3)c1ccc(OC)cc1. The summed E-state index contributed by atoms with van der Waals surface area (Å²) >= 11 is 1.62. The second-order valence-electron chi connectivity index (χ2n) is 12.9. The lowest BCUT2D eigenvalue weighted by Gasteiger charge is -2.43. The van der Waals surface area contributed by atoms with E-state index < -0.39 is 28.7 Å². The zero-order chi connectivity index (χ0) is 34.0. The standard InChI is InChI=1S/C37H47N3O6S/c1-8-19-38(25-13-17-28(18-14-25)46-10-3)34(42)31-30-21-24(6)37(47-30)32(31)35(43)40(29(22-41)23(4)5)33(37)36(44)39(20-9-2)26-11-15-27(45-7)16-12-26/h8-9,11-18,23-24,29-33,41H,1-2,10,19-22H2,3-7H3/t24?,29-,30-,31+,32-,33?,37?/m0/s1. The Kier molecular flexibility index (Phi) is 10.4. The molecule has 1 spiro atoms. The molecule has 7 atom stereocenters. The average molecular weight is 662 g/mol. The van der Waals surface area contributed by atoms with Crippen LogP contribution in [0.1, 0.15) is 34.1 Å². The number of anilines is 2. The maximum atomic E-state index is 15.0. The van der Waals surface area contributed by atoms with Gasteiger partial charge in [-0.15, -0.1) is 24.9 Å². The second kappa shape index (κ2) is 14.2. The van der Waals surface area contributed by atoms with Crippen molar-refractivity contribution in [3.63, 3.8) is 0 Å². The number of likely N-dealkylation sites (tertiary alicyclic amines) is 1. The van der Waals surface area contributed by atoms with Gasteiger partial charge in [-0.05, 0) is 73.7 Å². The van der Waals surface area contributed by atoms with Crippen LogP contribution in [0.25, 0.3) is 0 Å². The van der Waals surface area contributed by atoms with E-state index in [2.05, 4.69) is 20.1 Å². The Hall–Kier alpha value is -3.76. The molecule has 1 N–H and O–H groups in total. The minimum absolute atomic E-state index is 0.0271. The van der Waals surface area contributed by atoms with E-state index in [1.165, 1.54) is 0 Å². The number of benzene rings is 2. The zero-order valence-electron chi connectivity index (χ0n) is 28.0. The van der Waals surface area contributed by atoms with Crippen LogP contribution in [0.15, 0.2) is 73.8 Å². The molecule has 3 amide bonds. The number of methoxy groups -OCH3 is 1. The summed E-state index contributed by atoms with van der Waals surface area (Å²) in [5.41, 5.74) is 1.34. The summed E-state index contributed by atoms with van der Waals surface area (Å²) in [4.78, 5) is 49.6. The molecule has 10 heteroatoms. The molecule has 3 unspecified atom stereocenters. The van der Waals surface area contributed by atoms with Gasteiger partial charge in [0.2, 0.25) is 11.8 Å². The van der Waals surface area contributed by atoms with Gasteiger partial charge in [0.1, 0.15) is 17.5 Å². The molecule has 0 aromatic heterocycles. The Morgan fingerprint density at radius 1 is 1.02 bits per heavy atom. The first-order valence-corrected chi connectivity index (χ1v) is 17.3. The van der Waals surface area contributed by atoms with E-state index in [1.54, 1.807) is 57.9 Å². The van der Waals surface area contributed by atoms with Crippen molar-refractivity contribution in [2.24, 2.45) is 23.7 Å². The Labute approximate surface area is 282 Å². The highest BCUT2D eigenvalue weighted by Crippen LogP contribution is 2.69. The highest BCUT2D eigenvalue weighted by atomic mass is 32.2. The zero-order valence-corrected chi connectivity index (χ0v) is 28.8. The van der Waals surface area contributed by atoms with Crippen LogP contribution < -0.4 is 19.3 Å². The van der Waals surface area contributed by atoms with E-state index >= 15 is 4.79 Å². The van der Waals surface area contributed by atoms with Gasteiger partial charge in [-0.2, -0.15) is 0 Å². The molecule has 9 nitrogen and oxygen atoms in total. The molecule has 2 aromatic carbocycles. The smallest absolute Gasteiger partial charge is 0.251 e. The number of carbonyl (C=O) groups is 3. The van der Waals surface area contributed by atoms with Gasteiger partial charge >= 0.3 is 0 Å². The van der Waals surface area contributed by atoms with Gasteiger partial charge in [-0.1, -0.05) is 32.9 Å². The summed E-state index contributed by atoms with van der Waals surface area (Å²) in [6, 6.07) is 13.1. The fourth-order valence-electron chi connectivity index (χ4n) is 7.88. The fourth-order valence-corrected chi connectivity index (χ4v) is 10.3. The van der Waals surface area contributed by atoms with Crippen LogP contribution in [0.5, 0.6) is 11.5 Å². The number of hydrogen-bond acceptors (Lipinski definition) is 7. The number of nitrogens with zero attached hydrogens (tertiary/aromatic N) is 3. The number of ether oxygens (including phenoxy) is 2. The Morgan fingerprint density at radius 2 is 1.57 bits per heavy atom. The van der Waals surface area contributed by atoms with Crippen molar-refractivity contribution < 1.29 is 29.0 Å². The lowest BCUT2D eigenvalue weighted by Crippen LogP contribution is -2.60. The predicted octanol–water partition coefficient (Wildman–Crippen LogP) is 5.19. The van der Waals surface area contributed by atoms with Crippen molar-refractivity contribution >= 4 is 40.9 Å². The van der Waals surface area contributed by atoms with Crippen LogP contribution in [0.2, 0.25) is 0 Å². The van der Waals surface area contributed by atoms with Gasteiger partial charge in [0.15, 0.2) is 0 Å². The van der Waals surface area contributed by atoms with Gasteiger partial charge in [-0.3, -0.25) is 14.4 Å². The summed E-state index contributed by atoms with van der Waals surface area (Å²) in [5, 5.41) is 10.5. The van der Waals surface area contributed by atoms with Crippen LogP contribution >= 0.6 is 11.8 Å². The van der Waals surface area contributed by atoms with E-state index in [1.807, 2.05) is 57.2 Å². The summed E-state index contributed by atoms with van der Waals surface area (Å²) < 4.78 is 10.1. The van der Waals surface area contributed by atoms with Crippen LogP contribution in [0, 0.1) is 23.7 Å². The van der Waals surface area contributed by atoms with Crippen molar-refractivity contribution in [1.29, 1.82) is 0 Å². The van der Waals surface area contributed by atoms with E-state index in [0.717, 1.165) is 0 Å². The van der Waals surface area contributed by atoms with Gasteiger partial charge in [-0.25, -0.2) is 0 Å². The molecule has 2 aromatic rings. The molecule has 5 rings (SSSR count). The van der Waals surface area contributed by atoms with Crippen molar-refractivity contribution in [2.75, 3.05) is 43.2 Å². The maximum Gasteiger partial charge on any atom is 0.251 e. The third-order valence-corrected chi connectivity index (χ3v) is 12.1. The van der Waals surface area contributed by atoms with Crippen LogP contribution in [-0.4, -0.2) is 83.2 Å². The number of aliphatic hydroxyl groups is 1. The molecule has 0 aliphatic carbocycles.